The number of primary amides is 1. The lowest BCUT2D eigenvalue weighted by atomic mass is 10.0. The van der Waals surface area contributed by atoms with Crippen molar-refractivity contribution in [1.82, 2.24) is 15.6 Å². The molecule has 39 heavy (non-hydrogen) atoms. The number of aromatic amines is 1. The highest BCUT2D eigenvalue weighted by Gasteiger charge is 2.22. The molecule has 3 aromatic carbocycles. The Morgan fingerprint density at radius 2 is 1.72 bits per heavy atom. The Morgan fingerprint density at radius 1 is 1.00 bits per heavy atom. The van der Waals surface area contributed by atoms with Gasteiger partial charge in [0.1, 0.15) is 11.9 Å². The van der Waals surface area contributed by atoms with Crippen molar-refractivity contribution < 1.29 is 19.5 Å². The lowest BCUT2D eigenvalue weighted by molar-refractivity contribution is -0.123. The molecule has 1 aromatic heterocycles. The van der Waals surface area contributed by atoms with E-state index in [-0.39, 0.29) is 18.8 Å². The quantitative estimate of drug-likeness (QED) is 0.0885. The summed E-state index contributed by atoms with van der Waals surface area (Å²) in [4.78, 5) is 38.4. The molecule has 0 saturated heterocycles. The van der Waals surface area contributed by atoms with Gasteiger partial charge in [0.25, 0.3) is 0 Å². The molecule has 0 aliphatic heterocycles. The Bertz CT molecular complexity index is 1510. The van der Waals surface area contributed by atoms with E-state index in [0.717, 1.165) is 22.0 Å². The average Bonchev–Trinajstić information content (AvgIpc) is 3.30. The summed E-state index contributed by atoms with van der Waals surface area (Å²) in [5.41, 5.74) is 15.9. The first-order valence-electron chi connectivity index (χ1n) is 12.2. The van der Waals surface area contributed by atoms with Gasteiger partial charge in [0.15, 0.2) is 0 Å². The smallest absolute Gasteiger partial charge is 0.405 e. The highest BCUT2D eigenvalue weighted by molar-refractivity contribution is 6.08. The Balaban J connectivity index is 1.41. The minimum atomic E-state index is -1.31. The van der Waals surface area contributed by atoms with E-state index in [0.29, 0.717) is 28.9 Å². The maximum Gasteiger partial charge on any atom is 0.405 e. The maximum atomic E-state index is 12.8. The summed E-state index contributed by atoms with van der Waals surface area (Å²) >= 11 is 0. The van der Waals surface area contributed by atoms with Gasteiger partial charge in [-0.15, -0.1) is 0 Å². The van der Waals surface area contributed by atoms with Gasteiger partial charge in [-0.3, -0.25) is 15.0 Å². The second-order valence-corrected chi connectivity index (χ2v) is 9.00. The van der Waals surface area contributed by atoms with Crippen LogP contribution in [-0.2, 0) is 22.4 Å². The molecule has 10 N–H and O–H groups in total. The van der Waals surface area contributed by atoms with E-state index in [2.05, 4.69) is 20.9 Å². The van der Waals surface area contributed by atoms with E-state index < -0.39 is 23.9 Å². The molecule has 4 aromatic rings. The van der Waals surface area contributed by atoms with Crippen LogP contribution in [0.1, 0.15) is 28.3 Å². The van der Waals surface area contributed by atoms with Gasteiger partial charge >= 0.3 is 6.09 Å². The fraction of sp³-hybridized carbons (Fsp3) is 0.143. The van der Waals surface area contributed by atoms with Crippen molar-refractivity contribution in [3.05, 3.63) is 95.2 Å². The number of nitrogens with one attached hydrogen (secondary N) is 5. The number of aromatic nitrogens is 1. The third-order valence-corrected chi connectivity index (χ3v) is 6.15. The van der Waals surface area contributed by atoms with Crippen LogP contribution < -0.4 is 27.4 Å². The molecule has 3 amide bonds. The maximum absolute atomic E-state index is 12.8. The van der Waals surface area contributed by atoms with Crippen molar-refractivity contribution in [2.75, 3.05) is 17.6 Å². The summed E-state index contributed by atoms with van der Waals surface area (Å²) in [5, 5.41) is 26.7. The predicted octanol–water partition coefficient (Wildman–Crippen LogP) is 2.88. The minimum Gasteiger partial charge on any atom is -0.465 e. The molecule has 11 heteroatoms. The number of amides is 3. The highest BCUT2D eigenvalue weighted by atomic mass is 16.4. The van der Waals surface area contributed by atoms with Crippen LogP contribution in [0.3, 0.4) is 0 Å². The largest absolute Gasteiger partial charge is 0.465 e. The van der Waals surface area contributed by atoms with Gasteiger partial charge in [-0.1, -0.05) is 24.3 Å². The second-order valence-electron chi connectivity index (χ2n) is 9.00. The number of hydrogen-bond acceptors (Lipinski definition) is 5. The van der Waals surface area contributed by atoms with Crippen LogP contribution in [0.4, 0.5) is 16.2 Å². The van der Waals surface area contributed by atoms with E-state index in [1.165, 1.54) is 0 Å². The van der Waals surface area contributed by atoms with Gasteiger partial charge in [-0.2, -0.15) is 0 Å². The van der Waals surface area contributed by atoms with Crippen LogP contribution >= 0.6 is 0 Å². The van der Waals surface area contributed by atoms with Crippen LogP contribution in [-0.4, -0.2) is 40.4 Å². The van der Waals surface area contributed by atoms with Gasteiger partial charge in [0.2, 0.25) is 11.8 Å². The van der Waals surface area contributed by atoms with E-state index in [4.69, 9.17) is 16.9 Å². The average molecular weight is 528 g/mol. The minimum absolute atomic E-state index is 0.156. The summed E-state index contributed by atoms with van der Waals surface area (Å²) in [5.74, 6) is -0.682. The number of fused-ring (bicyclic) bond motifs is 1. The van der Waals surface area contributed by atoms with Gasteiger partial charge < -0.3 is 37.5 Å². The standard InChI is InChI=1S/C28H29N7O4/c29-20-6-3-17(4-7-20)25(35-28(38)39)27(37)32-12-11-19-15-33-23-10-5-18(14-22(19)23)26(31)34-21-8-1-16(2-9-21)13-24(30)36/h1-10,14-15,25,33,35H,11-13,29H2,(H2,30,36)(H2,31,34)(H,32,37)(H,38,39). The third-order valence-electron chi connectivity index (χ3n) is 6.15. The van der Waals surface area contributed by atoms with E-state index >= 15 is 0 Å². The number of hydrogen-bond donors (Lipinski definition) is 8. The lowest BCUT2D eigenvalue weighted by Gasteiger charge is -2.17. The molecule has 4 rings (SSSR count). The summed E-state index contributed by atoms with van der Waals surface area (Å²) in [6, 6.07) is 18.1. The Kier molecular flexibility index (Phi) is 8.10. The number of nitrogen functional groups attached to an aromatic ring is 1. The lowest BCUT2D eigenvalue weighted by Crippen LogP contribution is -2.40. The molecule has 0 aliphatic carbocycles. The number of nitrogens with two attached hydrogens (primary N) is 2. The molecule has 0 radical (unpaired) electrons. The Morgan fingerprint density at radius 3 is 2.38 bits per heavy atom. The number of anilines is 2. The first-order chi connectivity index (χ1) is 18.7. The summed E-state index contributed by atoms with van der Waals surface area (Å²) in [6.45, 7) is 0.274. The van der Waals surface area contributed by atoms with Crippen molar-refractivity contribution >= 4 is 46.0 Å². The van der Waals surface area contributed by atoms with E-state index in [1.807, 2.05) is 24.4 Å². The Hall–Kier alpha value is -5.32. The zero-order chi connectivity index (χ0) is 27.9. The van der Waals surface area contributed by atoms with Crippen molar-refractivity contribution in [3.63, 3.8) is 0 Å². The Labute approximate surface area is 224 Å². The van der Waals surface area contributed by atoms with Crippen molar-refractivity contribution in [2.45, 2.75) is 18.9 Å². The third kappa shape index (κ3) is 6.92. The number of H-pyrrole nitrogens is 1. The first-order valence-corrected chi connectivity index (χ1v) is 12.2. The van der Waals surface area contributed by atoms with Crippen LogP contribution in [0.5, 0.6) is 0 Å². The fourth-order valence-corrected chi connectivity index (χ4v) is 4.20. The molecule has 0 spiro atoms. The molecular weight excluding hydrogens is 498 g/mol. The monoisotopic (exact) mass is 527 g/mol. The number of carbonyl (C=O) groups is 3. The van der Waals surface area contributed by atoms with Crippen molar-refractivity contribution in [3.8, 4) is 0 Å². The number of benzene rings is 3. The van der Waals surface area contributed by atoms with Crippen LogP contribution in [0.2, 0.25) is 0 Å². The fourth-order valence-electron chi connectivity index (χ4n) is 4.20. The molecule has 1 atom stereocenters. The number of amidine groups is 1. The molecule has 1 unspecified atom stereocenters. The molecular formula is C28H29N7O4. The van der Waals surface area contributed by atoms with Crippen LogP contribution in [0, 0.1) is 5.41 Å². The summed E-state index contributed by atoms with van der Waals surface area (Å²) < 4.78 is 0. The SMILES string of the molecule is N=C(Nc1ccc(CC(N)=O)cc1)c1ccc2[nH]cc(CCNC(=O)C(NC(=O)O)c3ccc(N)cc3)c2c1. The summed E-state index contributed by atoms with van der Waals surface area (Å²) in [6.07, 6.45) is 1.18. The molecule has 0 saturated carbocycles. The number of carbonyl (C=O) groups excluding carboxylic acids is 2. The second kappa shape index (κ2) is 11.8. The molecule has 200 valence electrons. The number of rotatable bonds is 10. The van der Waals surface area contributed by atoms with Gasteiger partial charge in [-0.25, -0.2) is 4.79 Å². The van der Waals surface area contributed by atoms with E-state index in [1.54, 1.807) is 48.5 Å². The topological polar surface area (TPSA) is 199 Å². The first kappa shape index (κ1) is 26.7. The summed E-state index contributed by atoms with van der Waals surface area (Å²) in [7, 11) is 0. The predicted molar refractivity (Wildman–Crippen MR) is 150 cm³/mol. The molecule has 11 nitrogen and oxygen atoms in total. The highest BCUT2D eigenvalue weighted by Crippen LogP contribution is 2.22. The molecule has 0 aliphatic rings. The zero-order valence-electron chi connectivity index (χ0n) is 21.0. The molecule has 1 heterocycles. The zero-order valence-corrected chi connectivity index (χ0v) is 21.0. The molecule has 0 fully saturated rings. The van der Waals surface area contributed by atoms with Gasteiger partial charge in [-0.05, 0) is 65.6 Å². The van der Waals surface area contributed by atoms with Crippen molar-refractivity contribution in [2.24, 2.45) is 5.73 Å². The molecule has 0 bridgehead atoms. The van der Waals surface area contributed by atoms with Crippen molar-refractivity contribution in [1.29, 1.82) is 5.41 Å². The van der Waals surface area contributed by atoms with Crippen LogP contribution in [0.25, 0.3) is 10.9 Å². The van der Waals surface area contributed by atoms with Crippen LogP contribution in [0.15, 0.2) is 72.9 Å². The number of carboxylic acid groups (broad SMARTS) is 1. The normalized spacial score (nSPS) is 11.5. The van der Waals surface area contributed by atoms with Gasteiger partial charge in [0.05, 0.1) is 6.42 Å². The van der Waals surface area contributed by atoms with E-state index in [9.17, 15) is 19.5 Å². The van der Waals surface area contributed by atoms with Gasteiger partial charge in [0, 0.05) is 40.6 Å².